The fraction of sp³-hybridized carbons (Fsp3) is 0.238. The number of imidazole rings is 1. The van der Waals surface area contributed by atoms with E-state index < -0.39 is 0 Å². The summed E-state index contributed by atoms with van der Waals surface area (Å²) in [4.78, 5) is 9.70. The Bertz CT molecular complexity index is 1000. The molecule has 0 bridgehead atoms. The van der Waals surface area contributed by atoms with Gasteiger partial charge >= 0.3 is 0 Å². The van der Waals surface area contributed by atoms with Gasteiger partial charge in [-0.05, 0) is 61.2 Å². The zero-order chi connectivity index (χ0) is 18.1. The third-order valence-electron chi connectivity index (χ3n) is 4.85. The van der Waals surface area contributed by atoms with E-state index in [0.29, 0.717) is 22.6 Å². The molecule has 26 heavy (non-hydrogen) atoms. The van der Waals surface area contributed by atoms with Crippen LogP contribution in [-0.4, -0.2) is 23.1 Å². The molecule has 1 saturated heterocycles. The summed E-state index contributed by atoms with van der Waals surface area (Å²) in [6, 6.07) is 13.2. The van der Waals surface area contributed by atoms with Gasteiger partial charge in [0.05, 0.1) is 22.3 Å². The number of halogens is 1. The van der Waals surface area contributed by atoms with Crippen molar-refractivity contribution in [2.75, 3.05) is 18.0 Å². The Morgan fingerprint density at radius 1 is 1.27 bits per heavy atom. The van der Waals surface area contributed by atoms with Crippen molar-refractivity contribution in [3.8, 4) is 6.07 Å². The Labute approximate surface area is 151 Å². The molecule has 3 aromatic rings. The highest BCUT2D eigenvalue weighted by atomic mass is 19.1. The van der Waals surface area contributed by atoms with Gasteiger partial charge in [0.1, 0.15) is 17.7 Å². The minimum Gasteiger partial charge on any atom is -0.369 e. The molecule has 0 radical (unpaired) electrons. The number of aromatic amines is 1. The first kappa shape index (κ1) is 16.3. The van der Waals surface area contributed by atoms with E-state index >= 15 is 0 Å². The summed E-state index contributed by atoms with van der Waals surface area (Å²) >= 11 is 0. The fourth-order valence-electron chi connectivity index (χ4n) is 3.43. The molecule has 0 saturated carbocycles. The summed E-state index contributed by atoms with van der Waals surface area (Å²) in [5.74, 6) is 0.253. The van der Waals surface area contributed by atoms with Crippen LogP contribution in [0.5, 0.6) is 0 Å². The van der Waals surface area contributed by atoms with Gasteiger partial charge in [0.2, 0.25) is 0 Å². The Morgan fingerprint density at radius 2 is 2.04 bits per heavy atom. The number of fused-ring (bicyclic) bond motifs is 1. The Hall–Kier alpha value is -3.13. The highest BCUT2D eigenvalue weighted by Crippen LogP contribution is 2.29. The van der Waals surface area contributed by atoms with Crippen molar-refractivity contribution in [2.45, 2.75) is 19.8 Å². The quantitative estimate of drug-likeness (QED) is 0.701. The standard InChI is InChI=1S/C21H19FN4/c1-14-10-20(26-8-4-5-9-26)17(22)12-15(14)11-16(13-23)21-24-18-6-2-3-7-19(18)25-21/h2-3,6-7,10-12H,4-5,8-9H2,1H3,(H,24,25)/b16-11-. The van der Waals surface area contributed by atoms with Crippen LogP contribution in [-0.2, 0) is 0 Å². The molecule has 0 amide bonds. The van der Waals surface area contributed by atoms with Gasteiger partial charge in [-0.3, -0.25) is 0 Å². The lowest BCUT2D eigenvalue weighted by molar-refractivity contribution is 0.622. The number of nitrogens with one attached hydrogen (secondary N) is 1. The monoisotopic (exact) mass is 346 g/mol. The van der Waals surface area contributed by atoms with E-state index in [-0.39, 0.29) is 5.82 Å². The van der Waals surface area contributed by atoms with Crippen LogP contribution >= 0.6 is 0 Å². The second kappa shape index (κ2) is 6.64. The molecular formula is C21H19FN4. The molecule has 130 valence electrons. The summed E-state index contributed by atoms with van der Waals surface area (Å²) in [6.07, 6.45) is 3.90. The van der Waals surface area contributed by atoms with Crippen molar-refractivity contribution in [1.29, 1.82) is 5.26 Å². The summed E-state index contributed by atoms with van der Waals surface area (Å²) in [6.45, 7) is 3.74. The van der Waals surface area contributed by atoms with E-state index in [9.17, 15) is 9.65 Å². The number of hydrogen-bond acceptors (Lipinski definition) is 3. The maximum Gasteiger partial charge on any atom is 0.149 e. The summed E-state index contributed by atoms with van der Waals surface area (Å²) in [7, 11) is 0. The largest absolute Gasteiger partial charge is 0.369 e. The molecule has 1 aromatic heterocycles. The summed E-state index contributed by atoms with van der Waals surface area (Å²) in [5, 5.41) is 9.57. The molecule has 4 nitrogen and oxygen atoms in total. The predicted octanol–water partition coefficient (Wildman–Crippen LogP) is 4.67. The third-order valence-corrected chi connectivity index (χ3v) is 4.85. The molecule has 0 atom stereocenters. The van der Waals surface area contributed by atoms with Crippen LogP contribution in [0.2, 0.25) is 0 Å². The number of aryl methyl sites for hydroxylation is 1. The van der Waals surface area contributed by atoms with Crippen molar-refractivity contribution >= 4 is 28.4 Å². The van der Waals surface area contributed by atoms with Gasteiger partial charge in [0, 0.05) is 13.1 Å². The Morgan fingerprint density at radius 3 is 2.77 bits per heavy atom. The molecule has 2 heterocycles. The van der Waals surface area contributed by atoms with Gasteiger partial charge in [-0.15, -0.1) is 0 Å². The van der Waals surface area contributed by atoms with E-state index in [1.807, 2.05) is 37.3 Å². The minimum atomic E-state index is -0.245. The molecule has 4 rings (SSSR count). The molecule has 0 aliphatic carbocycles. The van der Waals surface area contributed by atoms with E-state index in [1.165, 1.54) is 6.07 Å². The molecule has 1 aliphatic heterocycles. The SMILES string of the molecule is Cc1cc(N2CCCC2)c(F)cc1/C=C(/C#N)c1nc2ccccc2[nH]1. The van der Waals surface area contributed by atoms with Crippen LogP contribution in [0.15, 0.2) is 36.4 Å². The summed E-state index contributed by atoms with van der Waals surface area (Å²) in [5.41, 5.74) is 4.35. The number of hydrogen-bond donors (Lipinski definition) is 1. The lowest BCUT2D eigenvalue weighted by atomic mass is 10.0. The van der Waals surface area contributed by atoms with E-state index in [1.54, 1.807) is 6.08 Å². The lowest BCUT2D eigenvalue weighted by Gasteiger charge is -2.19. The number of benzene rings is 2. The molecule has 5 heteroatoms. The number of H-pyrrole nitrogens is 1. The molecule has 0 spiro atoms. The Balaban J connectivity index is 1.73. The van der Waals surface area contributed by atoms with Gasteiger partial charge in [-0.2, -0.15) is 5.26 Å². The number of para-hydroxylation sites is 2. The molecule has 0 unspecified atom stereocenters. The van der Waals surface area contributed by atoms with Gasteiger partial charge < -0.3 is 9.88 Å². The van der Waals surface area contributed by atoms with Crippen LogP contribution in [0.25, 0.3) is 22.7 Å². The molecule has 1 aliphatic rings. The van der Waals surface area contributed by atoms with Gasteiger partial charge in [-0.1, -0.05) is 12.1 Å². The smallest absolute Gasteiger partial charge is 0.149 e. The van der Waals surface area contributed by atoms with Crippen molar-refractivity contribution < 1.29 is 4.39 Å². The average molecular weight is 346 g/mol. The normalized spacial score (nSPS) is 14.8. The van der Waals surface area contributed by atoms with Gasteiger partial charge in [0.15, 0.2) is 0 Å². The first-order chi connectivity index (χ1) is 12.7. The maximum atomic E-state index is 14.6. The highest BCUT2D eigenvalue weighted by Gasteiger charge is 2.17. The van der Waals surface area contributed by atoms with Crippen LogP contribution in [0.4, 0.5) is 10.1 Å². The number of rotatable bonds is 3. The van der Waals surface area contributed by atoms with Crippen molar-refractivity contribution in [2.24, 2.45) is 0 Å². The van der Waals surface area contributed by atoms with Crippen molar-refractivity contribution in [1.82, 2.24) is 9.97 Å². The topological polar surface area (TPSA) is 55.7 Å². The van der Waals surface area contributed by atoms with Gasteiger partial charge in [-0.25, -0.2) is 9.37 Å². The second-order valence-electron chi connectivity index (χ2n) is 6.63. The summed E-state index contributed by atoms with van der Waals surface area (Å²) < 4.78 is 14.6. The fourth-order valence-corrected chi connectivity index (χ4v) is 3.43. The van der Waals surface area contributed by atoms with E-state index in [4.69, 9.17) is 0 Å². The van der Waals surface area contributed by atoms with Crippen LogP contribution in [0.1, 0.15) is 29.8 Å². The molecular weight excluding hydrogens is 327 g/mol. The number of nitriles is 1. The molecule has 2 aromatic carbocycles. The second-order valence-corrected chi connectivity index (χ2v) is 6.63. The molecule has 1 N–H and O–H groups in total. The van der Waals surface area contributed by atoms with Crippen LogP contribution in [0.3, 0.4) is 0 Å². The van der Waals surface area contributed by atoms with Gasteiger partial charge in [0.25, 0.3) is 0 Å². The Kier molecular flexibility index (Phi) is 4.18. The zero-order valence-electron chi connectivity index (χ0n) is 14.6. The highest BCUT2D eigenvalue weighted by molar-refractivity contribution is 5.90. The number of allylic oxidation sites excluding steroid dienone is 1. The van der Waals surface area contributed by atoms with Crippen molar-refractivity contribution in [3.63, 3.8) is 0 Å². The third kappa shape index (κ3) is 2.95. The number of aromatic nitrogens is 2. The number of anilines is 1. The first-order valence-electron chi connectivity index (χ1n) is 8.78. The van der Waals surface area contributed by atoms with E-state index in [2.05, 4.69) is 20.9 Å². The van der Waals surface area contributed by atoms with Crippen LogP contribution in [0, 0.1) is 24.1 Å². The van der Waals surface area contributed by atoms with Crippen LogP contribution < -0.4 is 4.90 Å². The average Bonchev–Trinajstić information content (AvgIpc) is 3.31. The first-order valence-corrected chi connectivity index (χ1v) is 8.78. The minimum absolute atomic E-state index is 0.245. The van der Waals surface area contributed by atoms with E-state index in [0.717, 1.165) is 42.5 Å². The zero-order valence-corrected chi connectivity index (χ0v) is 14.6. The predicted molar refractivity (Wildman–Crippen MR) is 102 cm³/mol. The molecule has 1 fully saturated rings. The van der Waals surface area contributed by atoms with Crippen molar-refractivity contribution in [3.05, 3.63) is 59.2 Å². The maximum absolute atomic E-state index is 14.6. The number of nitrogens with zero attached hydrogens (tertiary/aromatic N) is 3. The lowest BCUT2D eigenvalue weighted by Crippen LogP contribution is -2.19.